The van der Waals surface area contributed by atoms with Crippen LogP contribution in [0.5, 0.6) is 0 Å². The zero-order valence-corrected chi connectivity index (χ0v) is 11.5. The van der Waals surface area contributed by atoms with Gasteiger partial charge in [-0.1, -0.05) is 20.8 Å². The van der Waals surface area contributed by atoms with Crippen molar-refractivity contribution in [2.75, 3.05) is 0 Å². The Morgan fingerprint density at radius 2 is 1.89 bits per heavy atom. The SMILES string of the molecule is CC(C)(C)C(=O)C(CCC1CCC(=O)CC1)=[N+]=[N-]. The van der Waals surface area contributed by atoms with Gasteiger partial charge in [-0.3, -0.25) is 9.59 Å². The van der Waals surface area contributed by atoms with E-state index in [-0.39, 0.29) is 11.5 Å². The average molecular weight is 250 g/mol. The summed E-state index contributed by atoms with van der Waals surface area (Å²) in [6, 6.07) is 0. The lowest BCUT2D eigenvalue weighted by Crippen LogP contribution is -2.30. The largest absolute Gasteiger partial charge is 0.361 e. The van der Waals surface area contributed by atoms with Gasteiger partial charge < -0.3 is 5.53 Å². The molecular formula is C14H22N2O2. The Kier molecular flexibility index (Phi) is 4.97. The zero-order chi connectivity index (χ0) is 13.8. The van der Waals surface area contributed by atoms with Gasteiger partial charge in [0, 0.05) is 18.3 Å². The van der Waals surface area contributed by atoms with E-state index in [4.69, 9.17) is 5.53 Å². The molecule has 1 fully saturated rings. The predicted octanol–water partition coefficient (Wildman–Crippen LogP) is 2.81. The maximum atomic E-state index is 12.0. The highest BCUT2D eigenvalue weighted by Gasteiger charge is 2.32. The number of rotatable bonds is 4. The molecule has 0 N–H and O–H groups in total. The Balaban J connectivity index is 2.49. The summed E-state index contributed by atoms with van der Waals surface area (Å²) < 4.78 is 0. The molecule has 1 rings (SSSR count). The summed E-state index contributed by atoms with van der Waals surface area (Å²) in [5.41, 5.74) is 8.70. The number of nitrogens with zero attached hydrogens (tertiary/aromatic N) is 2. The van der Waals surface area contributed by atoms with Gasteiger partial charge in [-0.15, -0.1) is 0 Å². The number of carbonyl (C=O) groups is 2. The van der Waals surface area contributed by atoms with Crippen molar-refractivity contribution in [3.05, 3.63) is 5.53 Å². The van der Waals surface area contributed by atoms with Crippen LogP contribution in [0.3, 0.4) is 0 Å². The van der Waals surface area contributed by atoms with Crippen molar-refractivity contribution < 1.29 is 14.4 Å². The van der Waals surface area contributed by atoms with E-state index in [1.165, 1.54) is 0 Å². The van der Waals surface area contributed by atoms with Crippen molar-refractivity contribution in [1.29, 1.82) is 0 Å². The molecule has 0 radical (unpaired) electrons. The lowest BCUT2D eigenvalue weighted by atomic mass is 9.82. The average Bonchev–Trinajstić information content (AvgIpc) is 2.31. The van der Waals surface area contributed by atoms with Gasteiger partial charge in [0.25, 0.3) is 0 Å². The second-order valence-electron chi connectivity index (χ2n) is 6.15. The Morgan fingerprint density at radius 3 is 2.33 bits per heavy atom. The van der Waals surface area contributed by atoms with E-state index in [0.29, 0.717) is 31.0 Å². The third-order valence-corrected chi connectivity index (χ3v) is 3.52. The summed E-state index contributed by atoms with van der Waals surface area (Å²) in [5, 5.41) is 0. The summed E-state index contributed by atoms with van der Waals surface area (Å²) in [5.74, 6) is 0.720. The molecule has 0 aliphatic heterocycles. The Bertz CT molecular complexity index is 377. The first-order valence-electron chi connectivity index (χ1n) is 6.62. The van der Waals surface area contributed by atoms with Crippen molar-refractivity contribution in [1.82, 2.24) is 0 Å². The number of hydrogen-bond donors (Lipinski definition) is 0. The molecule has 18 heavy (non-hydrogen) atoms. The van der Waals surface area contributed by atoms with Crippen LogP contribution in [0.1, 0.15) is 59.3 Å². The molecule has 1 saturated carbocycles. The van der Waals surface area contributed by atoms with Crippen molar-refractivity contribution >= 4 is 17.3 Å². The molecule has 0 aromatic carbocycles. The molecule has 0 atom stereocenters. The van der Waals surface area contributed by atoms with Gasteiger partial charge in [0.2, 0.25) is 5.78 Å². The first-order chi connectivity index (χ1) is 8.34. The van der Waals surface area contributed by atoms with Crippen LogP contribution in [0.25, 0.3) is 5.53 Å². The maximum Gasteiger partial charge on any atom is 0.334 e. The standard InChI is InChI=1S/C14H22N2O2/c1-14(2,3)13(18)12(16-15)9-6-10-4-7-11(17)8-5-10/h10H,4-9H2,1-3H3. The summed E-state index contributed by atoms with van der Waals surface area (Å²) in [6.45, 7) is 5.46. The van der Waals surface area contributed by atoms with Gasteiger partial charge in [0.1, 0.15) is 5.78 Å². The molecule has 100 valence electrons. The molecule has 0 saturated heterocycles. The van der Waals surface area contributed by atoms with E-state index >= 15 is 0 Å². The van der Waals surface area contributed by atoms with E-state index in [0.717, 1.165) is 19.3 Å². The van der Waals surface area contributed by atoms with Crippen molar-refractivity contribution in [2.24, 2.45) is 11.3 Å². The molecule has 0 spiro atoms. The Labute approximate surface area is 108 Å². The first-order valence-corrected chi connectivity index (χ1v) is 6.62. The lowest BCUT2D eigenvalue weighted by molar-refractivity contribution is -0.124. The monoisotopic (exact) mass is 250 g/mol. The van der Waals surface area contributed by atoms with Crippen molar-refractivity contribution in [3.8, 4) is 0 Å². The van der Waals surface area contributed by atoms with Crippen LogP contribution in [0.15, 0.2) is 0 Å². The normalized spacial score (nSPS) is 17.4. The summed E-state index contributed by atoms with van der Waals surface area (Å²) in [4.78, 5) is 26.3. The van der Waals surface area contributed by atoms with Crippen LogP contribution in [-0.2, 0) is 9.59 Å². The fourth-order valence-corrected chi connectivity index (χ4v) is 2.27. The molecule has 0 heterocycles. The molecule has 4 nitrogen and oxygen atoms in total. The van der Waals surface area contributed by atoms with Gasteiger partial charge in [-0.05, 0) is 25.2 Å². The van der Waals surface area contributed by atoms with Crippen LogP contribution in [-0.4, -0.2) is 22.1 Å². The maximum absolute atomic E-state index is 12.0. The molecule has 0 aromatic rings. The highest BCUT2D eigenvalue weighted by Crippen LogP contribution is 2.26. The van der Waals surface area contributed by atoms with Crippen molar-refractivity contribution in [3.63, 3.8) is 0 Å². The van der Waals surface area contributed by atoms with Crippen LogP contribution in [0.2, 0.25) is 0 Å². The van der Waals surface area contributed by atoms with Gasteiger partial charge in [-0.25, -0.2) is 0 Å². The number of Topliss-reactive ketones (excluding diaryl/α,β-unsaturated/α-hetero) is 2. The van der Waals surface area contributed by atoms with Crippen LogP contribution in [0.4, 0.5) is 0 Å². The van der Waals surface area contributed by atoms with E-state index in [9.17, 15) is 9.59 Å². The topological polar surface area (TPSA) is 70.5 Å². The molecule has 0 unspecified atom stereocenters. The van der Waals surface area contributed by atoms with Crippen molar-refractivity contribution in [2.45, 2.75) is 59.3 Å². The molecule has 0 amide bonds. The highest BCUT2D eigenvalue weighted by molar-refractivity contribution is 6.39. The van der Waals surface area contributed by atoms with Gasteiger partial charge in [0.05, 0.1) is 6.42 Å². The molecule has 0 aromatic heterocycles. The zero-order valence-electron chi connectivity index (χ0n) is 11.5. The molecule has 0 bridgehead atoms. The second-order valence-corrected chi connectivity index (χ2v) is 6.15. The van der Waals surface area contributed by atoms with Crippen LogP contribution in [0, 0.1) is 11.3 Å². The number of hydrogen-bond acceptors (Lipinski definition) is 2. The second kappa shape index (κ2) is 6.05. The quantitative estimate of drug-likeness (QED) is 0.437. The van der Waals surface area contributed by atoms with E-state index in [1.54, 1.807) is 0 Å². The highest BCUT2D eigenvalue weighted by atomic mass is 16.1. The Hall–Kier alpha value is -1.28. The van der Waals surface area contributed by atoms with Gasteiger partial charge in [-0.2, -0.15) is 4.79 Å². The number of ketones is 2. The van der Waals surface area contributed by atoms with E-state index in [2.05, 4.69) is 4.79 Å². The summed E-state index contributed by atoms with van der Waals surface area (Å²) in [7, 11) is 0. The summed E-state index contributed by atoms with van der Waals surface area (Å²) >= 11 is 0. The molecular weight excluding hydrogens is 228 g/mol. The molecule has 1 aliphatic carbocycles. The van der Waals surface area contributed by atoms with Crippen LogP contribution >= 0.6 is 0 Å². The smallest absolute Gasteiger partial charge is 0.334 e. The predicted molar refractivity (Wildman–Crippen MR) is 69.3 cm³/mol. The third kappa shape index (κ3) is 4.19. The van der Waals surface area contributed by atoms with E-state index in [1.807, 2.05) is 20.8 Å². The number of carbonyl (C=O) groups excluding carboxylic acids is 2. The minimum atomic E-state index is -0.510. The van der Waals surface area contributed by atoms with Gasteiger partial charge >= 0.3 is 5.71 Å². The summed E-state index contributed by atoms with van der Waals surface area (Å²) in [6.07, 6.45) is 4.45. The third-order valence-electron chi connectivity index (χ3n) is 3.52. The Morgan fingerprint density at radius 1 is 1.33 bits per heavy atom. The minimum absolute atomic E-state index is 0.100. The lowest BCUT2D eigenvalue weighted by Gasteiger charge is -2.20. The van der Waals surface area contributed by atoms with E-state index < -0.39 is 5.41 Å². The van der Waals surface area contributed by atoms with Crippen LogP contribution < -0.4 is 0 Å². The molecule has 4 heteroatoms. The fourth-order valence-electron chi connectivity index (χ4n) is 2.27. The fraction of sp³-hybridized carbons (Fsp3) is 0.786. The minimum Gasteiger partial charge on any atom is -0.361 e. The molecule has 1 aliphatic rings. The van der Waals surface area contributed by atoms with Gasteiger partial charge in [0.15, 0.2) is 0 Å². The first kappa shape index (κ1) is 14.8.